The normalized spacial score (nSPS) is 10.3. The van der Waals surface area contributed by atoms with Crippen LogP contribution in [0.1, 0.15) is 5.56 Å². The first-order valence-electron chi connectivity index (χ1n) is 6.03. The van der Waals surface area contributed by atoms with Gasteiger partial charge in [-0.2, -0.15) is 0 Å². The van der Waals surface area contributed by atoms with Crippen molar-refractivity contribution < 1.29 is 9.90 Å². The van der Waals surface area contributed by atoms with Crippen LogP contribution in [0, 0.1) is 6.92 Å². The zero-order chi connectivity index (χ0) is 14.5. The minimum atomic E-state index is -0.109. The fourth-order valence-electron chi connectivity index (χ4n) is 1.63. The van der Waals surface area contributed by atoms with E-state index in [2.05, 4.69) is 21.2 Å². The van der Waals surface area contributed by atoms with Crippen molar-refractivity contribution in [2.75, 3.05) is 11.1 Å². The number of thioether (sulfide) groups is 1. The highest BCUT2D eigenvalue weighted by molar-refractivity contribution is 9.10. The van der Waals surface area contributed by atoms with Crippen molar-refractivity contribution in [1.82, 2.24) is 0 Å². The summed E-state index contributed by atoms with van der Waals surface area (Å²) in [5.74, 6) is 0.336. The quantitative estimate of drug-likeness (QED) is 0.811. The Morgan fingerprint density at radius 3 is 2.75 bits per heavy atom. The predicted molar refractivity (Wildman–Crippen MR) is 86.3 cm³/mol. The Hall–Kier alpha value is -1.46. The molecule has 2 aromatic carbocycles. The molecule has 0 aliphatic rings. The van der Waals surface area contributed by atoms with E-state index in [0.29, 0.717) is 4.90 Å². The van der Waals surface area contributed by atoms with E-state index >= 15 is 0 Å². The third-order valence-corrected chi connectivity index (χ3v) is 4.34. The molecule has 0 fully saturated rings. The fourth-order valence-corrected chi connectivity index (χ4v) is 2.97. The molecule has 1 amide bonds. The van der Waals surface area contributed by atoms with Crippen molar-refractivity contribution in [2.24, 2.45) is 0 Å². The molecular formula is C15H14BrNO2S. The topological polar surface area (TPSA) is 49.3 Å². The second kappa shape index (κ2) is 6.81. The molecule has 0 saturated carbocycles. The van der Waals surface area contributed by atoms with E-state index in [-0.39, 0.29) is 17.4 Å². The maximum atomic E-state index is 11.9. The lowest BCUT2D eigenvalue weighted by atomic mass is 10.2. The number of phenolic OH excluding ortho intramolecular Hbond substituents is 1. The van der Waals surface area contributed by atoms with Gasteiger partial charge in [0.25, 0.3) is 0 Å². The van der Waals surface area contributed by atoms with E-state index in [9.17, 15) is 9.90 Å². The number of hydrogen-bond acceptors (Lipinski definition) is 3. The molecule has 0 saturated heterocycles. The van der Waals surface area contributed by atoms with Gasteiger partial charge >= 0.3 is 0 Å². The second-order valence-corrected chi connectivity index (χ2v) is 6.16. The fraction of sp³-hybridized carbons (Fsp3) is 0.133. The molecule has 2 rings (SSSR count). The Balaban J connectivity index is 1.94. The van der Waals surface area contributed by atoms with Crippen LogP contribution in [0.4, 0.5) is 5.69 Å². The molecule has 0 bridgehead atoms. The van der Waals surface area contributed by atoms with Crippen molar-refractivity contribution in [2.45, 2.75) is 11.8 Å². The summed E-state index contributed by atoms with van der Waals surface area (Å²) in [5, 5.41) is 12.5. The molecular weight excluding hydrogens is 338 g/mol. The zero-order valence-corrected chi connectivity index (χ0v) is 13.3. The second-order valence-electron chi connectivity index (χ2n) is 4.29. The summed E-state index contributed by atoms with van der Waals surface area (Å²) < 4.78 is 0.860. The summed E-state index contributed by atoms with van der Waals surface area (Å²) in [6.07, 6.45) is 0. The van der Waals surface area contributed by atoms with Crippen LogP contribution in [0.3, 0.4) is 0 Å². The van der Waals surface area contributed by atoms with E-state index in [1.807, 2.05) is 31.2 Å². The number of nitrogens with one attached hydrogen (secondary N) is 1. The first kappa shape index (κ1) is 14.9. The highest BCUT2D eigenvalue weighted by atomic mass is 79.9. The number of benzene rings is 2. The van der Waals surface area contributed by atoms with Crippen LogP contribution in [0.25, 0.3) is 0 Å². The van der Waals surface area contributed by atoms with E-state index < -0.39 is 0 Å². The minimum absolute atomic E-state index is 0.109. The third-order valence-electron chi connectivity index (χ3n) is 2.62. The molecule has 5 heteroatoms. The number of carbonyl (C=O) groups is 1. The van der Waals surface area contributed by atoms with Crippen molar-refractivity contribution >= 4 is 39.3 Å². The van der Waals surface area contributed by atoms with Crippen LogP contribution in [0.5, 0.6) is 5.75 Å². The molecule has 3 nitrogen and oxygen atoms in total. The van der Waals surface area contributed by atoms with Gasteiger partial charge in [-0.25, -0.2) is 0 Å². The lowest BCUT2D eigenvalue weighted by molar-refractivity contribution is -0.113. The maximum Gasteiger partial charge on any atom is 0.234 e. The predicted octanol–water partition coefficient (Wildman–Crippen LogP) is 4.19. The molecule has 20 heavy (non-hydrogen) atoms. The summed E-state index contributed by atoms with van der Waals surface area (Å²) >= 11 is 4.73. The SMILES string of the molecule is Cc1ccc(NC(=O)CSc2ccccc2O)c(Br)c1. The van der Waals surface area contributed by atoms with Gasteiger partial charge in [0.1, 0.15) is 5.75 Å². The number of anilines is 1. The Morgan fingerprint density at radius 2 is 2.05 bits per heavy atom. The van der Waals surface area contributed by atoms with Crippen LogP contribution in [0.2, 0.25) is 0 Å². The molecule has 2 aromatic rings. The van der Waals surface area contributed by atoms with Gasteiger partial charge in [0.2, 0.25) is 5.91 Å². The Bertz CT molecular complexity index is 631. The van der Waals surface area contributed by atoms with Gasteiger partial charge in [-0.3, -0.25) is 4.79 Å². The van der Waals surface area contributed by atoms with Gasteiger partial charge in [0.05, 0.1) is 11.4 Å². The van der Waals surface area contributed by atoms with E-state index in [4.69, 9.17) is 0 Å². The maximum absolute atomic E-state index is 11.9. The molecule has 104 valence electrons. The van der Waals surface area contributed by atoms with Gasteiger partial charge in [-0.1, -0.05) is 18.2 Å². The summed E-state index contributed by atoms with van der Waals surface area (Å²) in [7, 11) is 0. The molecule has 2 N–H and O–H groups in total. The smallest absolute Gasteiger partial charge is 0.234 e. The van der Waals surface area contributed by atoms with Gasteiger partial charge in [-0.15, -0.1) is 11.8 Å². The summed E-state index contributed by atoms with van der Waals surface area (Å²) in [4.78, 5) is 12.6. The van der Waals surface area contributed by atoms with E-state index in [1.54, 1.807) is 18.2 Å². The van der Waals surface area contributed by atoms with Gasteiger partial charge in [0.15, 0.2) is 0 Å². The van der Waals surface area contributed by atoms with Crippen LogP contribution < -0.4 is 5.32 Å². The van der Waals surface area contributed by atoms with Crippen LogP contribution >= 0.6 is 27.7 Å². The summed E-state index contributed by atoms with van der Waals surface area (Å²) in [6, 6.07) is 12.7. The standard InChI is InChI=1S/C15H14BrNO2S/c1-10-6-7-12(11(16)8-10)17-15(19)9-20-14-5-3-2-4-13(14)18/h2-8,18H,9H2,1H3,(H,17,19). The van der Waals surface area contributed by atoms with Crippen molar-refractivity contribution in [1.29, 1.82) is 0 Å². The molecule has 0 heterocycles. The average molecular weight is 352 g/mol. The minimum Gasteiger partial charge on any atom is -0.507 e. The van der Waals surface area contributed by atoms with E-state index in [0.717, 1.165) is 15.7 Å². The average Bonchev–Trinajstić information content (AvgIpc) is 2.41. The number of halogens is 1. The monoisotopic (exact) mass is 351 g/mol. The number of carbonyl (C=O) groups excluding carboxylic acids is 1. The summed E-state index contributed by atoms with van der Waals surface area (Å²) in [5.41, 5.74) is 1.87. The molecule has 0 spiro atoms. The lowest BCUT2D eigenvalue weighted by Crippen LogP contribution is -2.14. The highest BCUT2D eigenvalue weighted by Crippen LogP contribution is 2.28. The van der Waals surface area contributed by atoms with Gasteiger partial charge in [-0.05, 0) is 52.7 Å². The number of hydrogen-bond donors (Lipinski definition) is 2. The van der Waals surface area contributed by atoms with Crippen molar-refractivity contribution in [3.63, 3.8) is 0 Å². The largest absolute Gasteiger partial charge is 0.507 e. The molecule has 0 atom stereocenters. The third kappa shape index (κ3) is 4.02. The molecule has 0 unspecified atom stereocenters. The summed E-state index contributed by atoms with van der Waals surface area (Å²) in [6.45, 7) is 1.99. The van der Waals surface area contributed by atoms with Crippen molar-refractivity contribution in [3.05, 3.63) is 52.5 Å². The van der Waals surface area contributed by atoms with Gasteiger partial charge < -0.3 is 10.4 Å². The molecule has 0 aliphatic carbocycles. The molecule has 0 radical (unpaired) electrons. The van der Waals surface area contributed by atoms with Gasteiger partial charge in [0, 0.05) is 9.37 Å². The number of aromatic hydroxyl groups is 1. The Labute approximate surface area is 130 Å². The van der Waals surface area contributed by atoms with Crippen LogP contribution in [-0.4, -0.2) is 16.8 Å². The number of para-hydroxylation sites is 1. The van der Waals surface area contributed by atoms with Crippen LogP contribution in [-0.2, 0) is 4.79 Å². The first-order valence-corrected chi connectivity index (χ1v) is 7.81. The Morgan fingerprint density at radius 1 is 1.30 bits per heavy atom. The zero-order valence-electron chi connectivity index (χ0n) is 10.9. The number of phenols is 1. The van der Waals surface area contributed by atoms with E-state index in [1.165, 1.54) is 11.8 Å². The first-order chi connectivity index (χ1) is 9.56. The van der Waals surface area contributed by atoms with Crippen LogP contribution in [0.15, 0.2) is 51.8 Å². The molecule has 0 aliphatic heterocycles. The van der Waals surface area contributed by atoms with Crippen molar-refractivity contribution in [3.8, 4) is 5.75 Å². The molecule has 0 aromatic heterocycles. The highest BCUT2D eigenvalue weighted by Gasteiger charge is 2.08. The number of aryl methyl sites for hydroxylation is 1. The Kier molecular flexibility index (Phi) is 5.09. The lowest BCUT2D eigenvalue weighted by Gasteiger charge is -2.08. The number of amides is 1. The number of rotatable bonds is 4.